The molecule has 2 unspecified atom stereocenters. The van der Waals surface area contributed by atoms with Crippen molar-refractivity contribution in [2.45, 2.75) is 71.4 Å². The minimum atomic E-state index is -0.868. The predicted octanol–water partition coefficient (Wildman–Crippen LogP) is 2.85. The van der Waals surface area contributed by atoms with Crippen LogP contribution >= 0.6 is 0 Å². The van der Waals surface area contributed by atoms with E-state index in [-0.39, 0.29) is 31.1 Å². The number of carbonyl (C=O) groups excluding carboxylic acids is 1. The minimum Gasteiger partial charge on any atom is -0.481 e. The van der Waals surface area contributed by atoms with Crippen molar-refractivity contribution in [3.8, 4) is 0 Å². The molecule has 0 saturated heterocycles. The Kier molecular flexibility index (Phi) is 6.82. The molecule has 1 fully saturated rings. The molecule has 0 aromatic carbocycles. The summed E-state index contributed by atoms with van der Waals surface area (Å²) in [6.07, 6.45) is 5.71. The van der Waals surface area contributed by atoms with Crippen LogP contribution in [0.25, 0.3) is 0 Å². The lowest BCUT2D eigenvalue weighted by atomic mass is 9.83. The molecule has 2 amide bonds. The van der Waals surface area contributed by atoms with Crippen molar-refractivity contribution in [1.29, 1.82) is 0 Å². The molecule has 1 rings (SSSR count). The van der Waals surface area contributed by atoms with Crippen molar-refractivity contribution in [1.82, 2.24) is 10.2 Å². The topological polar surface area (TPSA) is 69.6 Å². The highest BCUT2D eigenvalue weighted by molar-refractivity contribution is 5.76. The third-order valence-corrected chi connectivity index (χ3v) is 4.19. The normalized spacial score (nSPS) is 22.6. The van der Waals surface area contributed by atoms with Gasteiger partial charge in [0.15, 0.2) is 0 Å². The second kappa shape index (κ2) is 8.12. The van der Waals surface area contributed by atoms with Crippen LogP contribution in [0.15, 0.2) is 0 Å². The first kappa shape index (κ1) is 16.8. The van der Waals surface area contributed by atoms with E-state index in [0.29, 0.717) is 5.92 Å². The summed E-state index contributed by atoms with van der Waals surface area (Å²) in [7, 11) is 0. The van der Waals surface area contributed by atoms with E-state index in [1.807, 2.05) is 13.8 Å². The molecule has 1 aliphatic carbocycles. The second-order valence-corrected chi connectivity index (χ2v) is 5.94. The molecule has 0 spiro atoms. The number of urea groups is 1. The average Bonchev–Trinajstić information content (AvgIpc) is 2.38. The van der Waals surface area contributed by atoms with Crippen LogP contribution < -0.4 is 5.32 Å². The lowest BCUT2D eigenvalue weighted by Gasteiger charge is -2.34. The fourth-order valence-electron chi connectivity index (χ4n) is 2.94. The first-order valence-corrected chi connectivity index (χ1v) is 7.74. The fraction of sp³-hybridized carbons (Fsp3) is 0.867. The Morgan fingerprint density at radius 1 is 1.30 bits per heavy atom. The Morgan fingerprint density at radius 2 is 1.95 bits per heavy atom. The first-order chi connectivity index (χ1) is 9.45. The molecule has 5 heteroatoms. The van der Waals surface area contributed by atoms with E-state index < -0.39 is 5.97 Å². The third-order valence-electron chi connectivity index (χ3n) is 4.19. The number of aliphatic carboxylic acids is 1. The first-order valence-electron chi connectivity index (χ1n) is 7.74. The maximum absolute atomic E-state index is 12.3. The molecule has 1 saturated carbocycles. The van der Waals surface area contributed by atoms with Crippen LogP contribution in [-0.4, -0.2) is 40.6 Å². The van der Waals surface area contributed by atoms with E-state index in [4.69, 9.17) is 5.11 Å². The van der Waals surface area contributed by atoms with Crippen LogP contribution in [0, 0.1) is 5.92 Å². The molecule has 5 nitrogen and oxygen atoms in total. The number of hydrogen-bond acceptors (Lipinski definition) is 2. The summed E-state index contributed by atoms with van der Waals surface area (Å²) in [4.78, 5) is 24.6. The highest BCUT2D eigenvalue weighted by Gasteiger charge is 2.27. The number of hydrogen-bond donors (Lipinski definition) is 2. The zero-order valence-corrected chi connectivity index (χ0v) is 12.9. The van der Waals surface area contributed by atoms with Gasteiger partial charge in [-0.05, 0) is 32.6 Å². The van der Waals surface area contributed by atoms with E-state index in [1.54, 1.807) is 4.90 Å². The van der Waals surface area contributed by atoms with Crippen molar-refractivity contribution in [3.05, 3.63) is 0 Å². The summed E-state index contributed by atoms with van der Waals surface area (Å²) in [6, 6.07) is 0.136. The van der Waals surface area contributed by atoms with Crippen molar-refractivity contribution in [2.24, 2.45) is 5.92 Å². The van der Waals surface area contributed by atoms with Crippen molar-refractivity contribution in [2.75, 3.05) is 6.54 Å². The van der Waals surface area contributed by atoms with Gasteiger partial charge in [-0.25, -0.2) is 4.79 Å². The van der Waals surface area contributed by atoms with Gasteiger partial charge in [0.1, 0.15) is 0 Å². The maximum Gasteiger partial charge on any atom is 0.317 e. The molecule has 0 aromatic heterocycles. The Balaban J connectivity index is 2.57. The van der Waals surface area contributed by atoms with Gasteiger partial charge >= 0.3 is 12.0 Å². The van der Waals surface area contributed by atoms with Gasteiger partial charge in [-0.3, -0.25) is 4.79 Å². The van der Waals surface area contributed by atoms with Crippen LogP contribution in [0.3, 0.4) is 0 Å². The molecule has 0 bridgehead atoms. The van der Waals surface area contributed by atoms with Gasteiger partial charge in [0, 0.05) is 18.6 Å². The van der Waals surface area contributed by atoms with Gasteiger partial charge < -0.3 is 15.3 Å². The highest BCUT2D eigenvalue weighted by atomic mass is 16.4. The molecule has 2 atom stereocenters. The third kappa shape index (κ3) is 5.02. The Labute approximate surface area is 121 Å². The summed E-state index contributed by atoms with van der Waals surface area (Å²) in [5, 5.41) is 11.9. The Bertz CT molecular complexity index is 331. The zero-order valence-electron chi connectivity index (χ0n) is 12.9. The van der Waals surface area contributed by atoms with E-state index in [0.717, 1.165) is 19.3 Å². The molecular weight excluding hydrogens is 256 g/mol. The Hall–Kier alpha value is -1.26. The zero-order chi connectivity index (χ0) is 15.1. The molecule has 1 aliphatic rings. The largest absolute Gasteiger partial charge is 0.481 e. The number of nitrogens with one attached hydrogen (secondary N) is 1. The summed E-state index contributed by atoms with van der Waals surface area (Å²) >= 11 is 0. The number of amides is 2. The number of carboxylic acid groups (broad SMARTS) is 1. The van der Waals surface area contributed by atoms with E-state index >= 15 is 0 Å². The summed E-state index contributed by atoms with van der Waals surface area (Å²) in [5.41, 5.74) is 0. The average molecular weight is 284 g/mol. The lowest BCUT2D eigenvalue weighted by molar-refractivity contribution is -0.137. The van der Waals surface area contributed by atoms with Crippen LogP contribution in [0.2, 0.25) is 0 Å². The summed E-state index contributed by atoms with van der Waals surface area (Å²) in [6.45, 7) is 6.27. The molecule has 2 N–H and O–H groups in total. The summed E-state index contributed by atoms with van der Waals surface area (Å²) < 4.78 is 0. The van der Waals surface area contributed by atoms with Gasteiger partial charge in [-0.1, -0.05) is 26.2 Å². The predicted molar refractivity (Wildman–Crippen MR) is 78.7 cm³/mol. The molecule has 116 valence electrons. The van der Waals surface area contributed by atoms with Crippen LogP contribution in [0.1, 0.15) is 59.3 Å². The molecule has 0 aliphatic heterocycles. The van der Waals surface area contributed by atoms with Gasteiger partial charge in [-0.15, -0.1) is 0 Å². The van der Waals surface area contributed by atoms with Gasteiger partial charge in [0.05, 0.1) is 6.42 Å². The van der Waals surface area contributed by atoms with Gasteiger partial charge in [-0.2, -0.15) is 0 Å². The smallest absolute Gasteiger partial charge is 0.317 e. The van der Waals surface area contributed by atoms with E-state index in [2.05, 4.69) is 12.2 Å². The number of rotatable bonds is 6. The molecule has 20 heavy (non-hydrogen) atoms. The maximum atomic E-state index is 12.3. The number of nitrogens with zero attached hydrogens (tertiary/aromatic N) is 1. The molecule has 0 aromatic rings. The van der Waals surface area contributed by atoms with Crippen LogP contribution in [-0.2, 0) is 4.79 Å². The van der Waals surface area contributed by atoms with Gasteiger partial charge in [0.25, 0.3) is 0 Å². The summed E-state index contributed by atoms with van der Waals surface area (Å²) in [5.74, 6) is -0.311. The monoisotopic (exact) mass is 284 g/mol. The fourth-order valence-corrected chi connectivity index (χ4v) is 2.94. The van der Waals surface area contributed by atoms with Crippen LogP contribution in [0.5, 0.6) is 0 Å². The lowest BCUT2D eigenvalue weighted by Crippen LogP contribution is -2.51. The van der Waals surface area contributed by atoms with Gasteiger partial charge in [0.2, 0.25) is 0 Å². The second-order valence-electron chi connectivity index (χ2n) is 5.94. The SMILES string of the molecule is CCC1CCCCC1NC(=O)N(CCC(=O)O)C(C)C. The van der Waals surface area contributed by atoms with Crippen molar-refractivity contribution >= 4 is 12.0 Å². The van der Waals surface area contributed by atoms with Crippen molar-refractivity contribution in [3.63, 3.8) is 0 Å². The van der Waals surface area contributed by atoms with E-state index in [9.17, 15) is 9.59 Å². The highest BCUT2D eigenvalue weighted by Crippen LogP contribution is 2.27. The van der Waals surface area contributed by atoms with Crippen LogP contribution in [0.4, 0.5) is 4.79 Å². The van der Waals surface area contributed by atoms with E-state index in [1.165, 1.54) is 12.8 Å². The quantitative estimate of drug-likeness (QED) is 0.788. The molecule has 0 radical (unpaired) electrons. The molecular formula is C15H28N2O3. The minimum absolute atomic E-state index is 0.00648. The molecule has 0 heterocycles. The standard InChI is InChI=1S/C15H28N2O3/c1-4-12-7-5-6-8-13(12)16-15(20)17(11(2)3)10-9-14(18)19/h11-13H,4-10H2,1-3H3,(H,16,20)(H,18,19). The Morgan fingerprint density at radius 3 is 2.50 bits per heavy atom. The number of carboxylic acids is 1. The van der Waals surface area contributed by atoms with Crippen molar-refractivity contribution < 1.29 is 14.7 Å². The number of carbonyl (C=O) groups is 2.